The molecule has 2 saturated heterocycles. The number of carbonyl (C=O) groups is 1. The second-order valence-corrected chi connectivity index (χ2v) is 8.90. The summed E-state index contributed by atoms with van der Waals surface area (Å²) in [4.78, 5) is 12.0. The van der Waals surface area contributed by atoms with Gasteiger partial charge in [0.25, 0.3) is 0 Å². The van der Waals surface area contributed by atoms with Gasteiger partial charge in [-0.25, -0.2) is 8.42 Å². The van der Waals surface area contributed by atoms with Gasteiger partial charge in [0, 0.05) is 13.1 Å². The number of halogens is 3. The largest absolute Gasteiger partial charge is 0.459 e. The van der Waals surface area contributed by atoms with Crippen LogP contribution in [0.2, 0.25) is 0 Å². The van der Waals surface area contributed by atoms with Crippen molar-refractivity contribution >= 4 is 15.8 Å². The average molecular weight is 329 g/mol. The molecular weight excluding hydrogens is 311 g/mol. The number of rotatable bonds is 1. The van der Waals surface area contributed by atoms with E-state index in [0.717, 1.165) is 0 Å². The zero-order chi connectivity index (χ0) is 16.3. The molecule has 0 aromatic rings. The monoisotopic (exact) mass is 329 g/mol. The van der Waals surface area contributed by atoms with Gasteiger partial charge in [0.2, 0.25) is 0 Å². The van der Waals surface area contributed by atoms with Crippen molar-refractivity contribution in [1.82, 2.24) is 5.32 Å². The van der Waals surface area contributed by atoms with Crippen molar-refractivity contribution in [3.05, 3.63) is 0 Å². The maximum atomic E-state index is 13.4. The summed E-state index contributed by atoms with van der Waals surface area (Å²) in [5, 5.41) is -0.884. The third-order valence-corrected chi connectivity index (χ3v) is 6.53. The summed E-state index contributed by atoms with van der Waals surface area (Å²) in [6.45, 7) is 3.83. The van der Waals surface area contributed by atoms with Gasteiger partial charge in [-0.2, -0.15) is 13.2 Å². The molecule has 2 rings (SSSR count). The van der Waals surface area contributed by atoms with E-state index in [1.54, 1.807) is 0 Å². The molecule has 3 atom stereocenters. The minimum Gasteiger partial charge on any atom is -0.459 e. The first-order valence-electron chi connectivity index (χ1n) is 6.54. The van der Waals surface area contributed by atoms with Gasteiger partial charge in [-0.15, -0.1) is 0 Å². The van der Waals surface area contributed by atoms with Crippen LogP contribution in [0.1, 0.15) is 27.2 Å². The van der Waals surface area contributed by atoms with Crippen molar-refractivity contribution in [2.45, 2.75) is 49.5 Å². The van der Waals surface area contributed by atoms with Crippen molar-refractivity contribution in [1.29, 1.82) is 0 Å². The molecule has 0 spiro atoms. The Balaban J connectivity index is 2.38. The highest BCUT2D eigenvalue weighted by molar-refractivity contribution is 7.93. The fraction of sp³-hybridized carbons (Fsp3) is 0.917. The van der Waals surface area contributed by atoms with Crippen LogP contribution in [0.5, 0.6) is 0 Å². The van der Waals surface area contributed by atoms with Gasteiger partial charge in [-0.1, -0.05) is 0 Å². The van der Waals surface area contributed by atoms with Gasteiger partial charge < -0.3 is 10.1 Å². The molecule has 122 valence electrons. The van der Waals surface area contributed by atoms with Crippen LogP contribution in [0.25, 0.3) is 0 Å². The summed E-state index contributed by atoms with van der Waals surface area (Å²) in [7, 11) is -4.23. The smallest absolute Gasteiger partial charge is 0.397 e. The average Bonchev–Trinajstić information content (AvgIpc) is 2.74. The van der Waals surface area contributed by atoms with E-state index < -0.39 is 56.5 Å². The summed E-state index contributed by atoms with van der Waals surface area (Å²) < 4.78 is 69.7. The summed E-state index contributed by atoms with van der Waals surface area (Å²) >= 11 is 0. The van der Waals surface area contributed by atoms with Crippen molar-refractivity contribution in [2.24, 2.45) is 5.41 Å². The van der Waals surface area contributed by atoms with Gasteiger partial charge in [0.1, 0.15) is 5.60 Å². The van der Waals surface area contributed by atoms with E-state index in [2.05, 4.69) is 5.32 Å². The second-order valence-electron chi connectivity index (χ2n) is 6.59. The molecule has 2 heterocycles. The van der Waals surface area contributed by atoms with E-state index in [9.17, 15) is 26.4 Å². The number of nitrogens with one attached hydrogen (secondary N) is 1. The number of esters is 1. The van der Waals surface area contributed by atoms with Gasteiger partial charge >= 0.3 is 12.1 Å². The van der Waals surface area contributed by atoms with E-state index in [-0.39, 0.29) is 6.54 Å². The van der Waals surface area contributed by atoms with Crippen LogP contribution in [-0.4, -0.2) is 49.8 Å². The highest BCUT2D eigenvalue weighted by Gasteiger charge is 2.72. The van der Waals surface area contributed by atoms with Gasteiger partial charge in [0.05, 0.1) is 10.7 Å². The maximum Gasteiger partial charge on any atom is 0.397 e. The fourth-order valence-corrected chi connectivity index (χ4v) is 5.53. The van der Waals surface area contributed by atoms with E-state index in [1.165, 1.54) is 20.8 Å². The topological polar surface area (TPSA) is 72.5 Å². The Labute approximate surface area is 121 Å². The van der Waals surface area contributed by atoms with Crippen molar-refractivity contribution in [3.8, 4) is 0 Å². The number of hydrogen-bond donors (Lipinski definition) is 1. The van der Waals surface area contributed by atoms with Crippen molar-refractivity contribution < 1.29 is 31.1 Å². The van der Waals surface area contributed by atoms with Crippen LogP contribution in [0.4, 0.5) is 13.2 Å². The van der Waals surface area contributed by atoms with Crippen LogP contribution in [0, 0.1) is 5.41 Å². The molecule has 0 aliphatic carbocycles. The molecule has 2 fully saturated rings. The van der Waals surface area contributed by atoms with Gasteiger partial charge in [0.15, 0.2) is 15.1 Å². The fourth-order valence-electron chi connectivity index (χ4n) is 3.00. The first-order chi connectivity index (χ1) is 9.31. The van der Waals surface area contributed by atoms with E-state index in [1.807, 2.05) is 0 Å². The third kappa shape index (κ3) is 2.54. The number of fused-ring (bicyclic) bond motifs is 1. The van der Waals surface area contributed by atoms with Crippen molar-refractivity contribution in [2.75, 3.05) is 13.1 Å². The lowest BCUT2D eigenvalue weighted by Crippen LogP contribution is -2.45. The van der Waals surface area contributed by atoms with Crippen LogP contribution in [0.15, 0.2) is 0 Å². The zero-order valence-corrected chi connectivity index (χ0v) is 12.8. The highest BCUT2D eigenvalue weighted by Crippen LogP contribution is 2.55. The van der Waals surface area contributed by atoms with Crippen molar-refractivity contribution in [3.63, 3.8) is 0 Å². The Kier molecular flexibility index (Phi) is 3.61. The molecule has 0 aromatic heterocycles. The Bertz CT molecular complexity index is 552. The minimum absolute atomic E-state index is 0.291. The molecule has 9 heteroatoms. The third-order valence-electron chi connectivity index (χ3n) is 3.96. The lowest BCUT2D eigenvalue weighted by Gasteiger charge is -2.29. The van der Waals surface area contributed by atoms with E-state index >= 15 is 0 Å². The summed E-state index contributed by atoms with van der Waals surface area (Å²) in [5.41, 5.74) is -3.35. The molecule has 0 aromatic carbocycles. The van der Waals surface area contributed by atoms with Crippen LogP contribution < -0.4 is 5.32 Å². The molecule has 1 N–H and O–H groups in total. The highest BCUT2D eigenvalue weighted by atomic mass is 32.2. The predicted molar refractivity (Wildman–Crippen MR) is 68.3 cm³/mol. The molecule has 1 unspecified atom stereocenters. The Morgan fingerprint density at radius 1 is 1.29 bits per heavy atom. The number of ether oxygens (including phenoxy) is 1. The molecule has 0 radical (unpaired) electrons. The quantitative estimate of drug-likeness (QED) is 0.728. The zero-order valence-electron chi connectivity index (χ0n) is 12.0. The number of alkyl halides is 3. The summed E-state index contributed by atoms with van der Waals surface area (Å²) in [5.74, 6) is -1.10. The van der Waals surface area contributed by atoms with Crippen LogP contribution in [0.3, 0.4) is 0 Å². The standard InChI is InChI=1S/C12H18F3NO4S/c1-10(2,3)20-9(17)7-4-11(12(13,14)15)6-16-5-8(11)21(7,18)19/h7-8,16H,4-6H2,1-3H3/t7?,8-,11-/m1/s1. The lowest BCUT2D eigenvalue weighted by atomic mass is 9.81. The molecule has 0 amide bonds. The van der Waals surface area contributed by atoms with Crippen LogP contribution in [-0.2, 0) is 19.4 Å². The maximum absolute atomic E-state index is 13.4. The summed E-state index contributed by atoms with van der Waals surface area (Å²) in [6.07, 6.45) is -5.46. The molecule has 2 aliphatic rings. The minimum atomic E-state index is -4.69. The Morgan fingerprint density at radius 2 is 1.86 bits per heavy atom. The first kappa shape index (κ1) is 16.5. The lowest BCUT2D eigenvalue weighted by molar-refractivity contribution is -0.215. The summed E-state index contributed by atoms with van der Waals surface area (Å²) in [6, 6.07) is 0. The van der Waals surface area contributed by atoms with E-state index in [4.69, 9.17) is 4.74 Å². The van der Waals surface area contributed by atoms with Gasteiger partial charge in [-0.05, 0) is 27.2 Å². The SMILES string of the molecule is CC(C)(C)OC(=O)C1C[C@@]2(C(F)(F)F)CNC[C@H]2S1(=O)=O. The molecule has 2 aliphatic heterocycles. The number of sulfone groups is 1. The number of carbonyl (C=O) groups excluding carboxylic acids is 1. The normalized spacial score (nSPS) is 35.5. The molecule has 5 nitrogen and oxygen atoms in total. The second kappa shape index (κ2) is 4.58. The Hall–Kier alpha value is -0.830. The Morgan fingerprint density at radius 3 is 2.29 bits per heavy atom. The molecule has 0 bridgehead atoms. The molecule has 0 saturated carbocycles. The van der Waals surface area contributed by atoms with Crippen LogP contribution >= 0.6 is 0 Å². The molecule has 21 heavy (non-hydrogen) atoms. The van der Waals surface area contributed by atoms with E-state index in [0.29, 0.717) is 0 Å². The predicted octanol–water partition coefficient (Wildman–Crippen LogP) is 1.04. The number of hydrogen-bond acceptors (Lipinski definition) is 5. The first-order valence-corrected chi connectivity index (χ1v) is 8.15. The van der Waals surface area contributed by atoms with Gasteiger partial charge in [-0.3, -0.25) is 4.79 Å². The molecular formula is C12H18F3NO4S.